The molecule has 1 saturated carbocycles. The molecule has 35 heavy (non-hydrogen) atoms. The van der Waals surface area contributed by atoms with Crippen LogP contribution >= 0.6 is 0 Å². The Kier molecular flexibility index (Phi) is 5.75. The zero-order valence-electron chi connectivity index (χ0n) is 18.3. The Balaban J connectivity index is 1.37. The summed E-state index contributed by atoms with van der Waals surface area (Å²) in [6, 6.07) is 7.00. The van der Waals surface area contributed by atoms with Crippen LogP contribution in [0.5, 0.6) is 0 Å². The maximum absolute atomic E-state index is 13.9. The highest BCUT2D eigenvalue weighted by Crippen LogP contribution is 2.35. The number of carbonyl (C=O) groups is 1. The van der Waals surface area contributed by atoms with Gasteiger partial charge < -0.3 is 5.32 Å². The van der Waals surface area contributed by atoms with Crippen molar-refractivity contribution >= 4 is 28.1 Å². The molecule has 0 aliphatic heterocycles. The van der Waals surface area contributed by atoms with Crippen LogP contribution in [0.25, 0.3) is 16.6 Å². The minimum absolute atomic E-state index is 0.0372. The van der Waals surface area contributed by atoms with Crippen molar-refractivity contribution in [2.24, 2.45) is 5.84 Å². The van der Waals surface area contributed by atoms with E-state index in [4.69, 9.17) is 5.84 Å². The third kappa shape index (κ3) is 4.61. The van der Waals surface area contributed by atoms with Gasteiger partial charge in [-0.25, -0.2) is 24.7 Å². The Hall–Kier alpha value is -3.80. The number of nitrogens with one attached hydrogen (secondary N) is 1. The van der Waals surface area contributed by atoms with Crippen molar-refractivity contribution < 1.29 is 22.4 Å². The summed E-state index contributed by atoms with van der Waals surface area (Å²) in [6.45, 7) is 0. The molecule has 1 aliphatic carbocycles. The number of amides is 1. The largest absolute Gasteiger partial charge is 0.433 e. The van der Waals surface area contributed by atoms with E-state index in [1.54, 1.807) is 18.3 Å². The minimum atomic E-state index is -4.65. The van der Waals surface area contributed by atoms with Gasteiger partial charge >= 0.3 is 6.18 Å². The number of hydrogen-bond donors (Lipinski definition) is 2. The summed E-state index contributed by atoms with van der Waals surface area (Å²) in [5.41, 5.74) is 0.0390. The fourth-order valence-electron chi connectivity index (χ4n) is 4.49. The molecule has 1 aliphatic rings. The second-order valence-electron chi connectivity index (χ2n) is 8.57. The summed E-state index contributed by atoms with van der Waals surface area (Å²) in [4.78, 5) is 20.7. The van der Waals surface area contributed by atoms with E-state index in [-0.39, 0.29) is 28.7 Å². The predicted molar refractivity (Wildman–Crippen MR) is 120 cm³/mol. The van der Waals surface area contributed by atoms with E-state index >= 15 is 0 Å². The topological polar surface area (TPSA) is 101 Å². The van der Waals surface area contributed by atoms with Gasteiger partial charge in [0.15, 0.2) is 5.65 Å². The summed E-state index contributed by atoms with van der Waals surface area (Å²) in [5.74, 6) is 5.22. The van der Waals surface area contributed by atoms with E-state index in [1.165, 1.54) is 16.9 Å². The predicted octanol–water partition coefficient (Wildman–Crippen LogP) is 4.17. The molecule has 8 nitrogen and oxygen atoms in total. The highest BCUT2D eigenvalue weighted by atomic mass is 19.4. The van der Waals surface area contributed by atoms with Gasteiger partial charge in [0, 0.05) is 23.3 Å². The van der Waals surface area contributed by atoms with E-state index in [2.05, 4.69) is 20.4 Å². The third-order valence-corrected chi connectivity index (χ3v) is 6.22. The Morgan fingerprint density at radius 2 is 2.00 bits per heavy atom. The van der Waals surface area contributed by atoms with Crippen LogP contribution in [-0.2, 0) is 6.18 Å². The normalized spacial score (nSPS) is 18.7. The van der Waals surface area contributed by atoms with Gasteiger partial charge in [0.05, 0.1) is 17.1 Å². The van der Waals surface area contributed by atoms with E-state index < -0.39 is 23.6 Å². The van der Waals surface area contributed by atoms with Crippen molar-refractivity contribution in [3.05, 3.63) is 66.0 Å². The molecule has 1 fully saturated rings. The smallest absolute Gasteiger partial charge is 0.382 e. The molecule has 1 aromatic carbocycles. The molecule has 182 valence electrons. The van der Waals surface area contributed by atoms with Crippen molar-refractivity contribution in [1.29, 1.82) is 0 Å². The number of hydrazine groups is 1. The van der Waals surface area contributed by atoms with E-state index in [0.29, 0.717) is 36.9 Å². The number of halogens is 4. The van der Waals surface area contributed by atoms with Gasteiger partial charge in [-0.3, -0.25) is 9.80 Å². The van der Waals surface area contributed by atoms with Crippen LogP contribution in [0.1, 0.15) is 41.7 Å². The van der Waals surface area contributed by atoms with Gasteiger partial charge in [0.25, 0.3) is 5.91 Å². The molecule has 5 rings (SSSR count). The lowest BCUT2D eigenvalue weighted by molar-refractivity contribution is -0.140. The summed E-state index contributed by atoms with van der Waals surface area (Å²) >= 11 is 0. The number of nitrogens with zero attached hydrogens (tertiary/aromatic N) is 5. The number of nitrogens with two attached hydrogens (primary N) is 1. The maximum atomic E-state index is 13.9. The average molecular weight is 487 g/mol. The highest BCUT2D eigenvalue weighted by molar-refractivity contribution is 5.94. The Bertz CT molecular complexity index is 1400. The molecule has 12 heteroatoms. The Morgan fingerprint density at radius 1 is 1.17 bits per heavy atom. The van der Waals surface area contributed by atoms with Gasteiger partial charge in [-0.2, -0.15) is 18.3 Å². The third-order valence-electron chi connectivity index (χ3n) is 6.22. The number of benzene rings is 1. The molecular formula is C23H21F4N7O. The van der Waals surface area contributed by atoms with Gasteiger partial charge in [-0.1, -0.05) is 0 Å². The number of fused-ring (bicyclic) bond motifs is 2. The summed E-state index contributed by atoms with van der Waals surface area (Å²) in [6.07, 6.45) is 0.678. The molecule has 1 amide bonds. The molecule has 0 saturated heterocycles. The van der Waals surface area contributed by atoms with E-state index in [9.17, 15) is 22.4 Å². The Labute approximate surface area is 196 Å². The van der Waals surface area contributed by atoms with Gasteiger partial charge in [0.1, 0.15) is 17.8 Å². The van der Waals surface area contributed by atoms with Crippen LogP contribution in [0.2, 0.25) is 0 Å². The standard InChI is InChI=1S/C23H21F4N7O/c24-14-5-6-18-17(8-14)19(10-20(32-18)23(25,26)27)31-15-2-1-3-16(9-15)34(28)22(35)13-4-7-21-29-12-30-33(21)11-13/h4-8,10-12,15-16H,1-3,9,28H2,(H,31,32)/t15-,16+/m0/s1. The monoisotopic (exact) mass is 487 g/mol. The van der Waals surface area contributed by atoms with Crippen LogP contribution in [-0.4, -0.2) is 42.6 Å². The second-order valence-corrected chi connectivity index (χ2v) is 8.57. The molecule has 3 N–H and O–H groups in total. The second kappa shape index (κ2) is 8.77. The fourth-order valence-corrected chi connectivity index (χ4v) is 4.49. The zero-order valence-corrected chi connectivity index (χ0v) is 18.3. The number of pyridine rings is 2. The first-order valence-corrected chi connectivity index (χ1v) is 11.0. The van der Waals surface area contributed by atoms with Gasteiger partial charge in [0.2, 0.25) is 0 Å². The van der Waals surface area contributed by atoms with Crippen LogP contribution in [0.4, 0.5) is 23.2 Å². The van der Waals surface area contributed by atoms with Crippen LogP contribution < -0.4 is 11.2 Å². The summed E-state index contributed by atoms with van der Waals surface area (Å²) in [5, 5.41) is 8.56. The maximum Gasteiger partial charge on any atom is 0.433 e. The van der Waals surface area contributed by atoms with Crippen molar-refractivity contribution in [2.75, 3.05) is 5.32 Å². The number of aromatic nitrogens is 4. The number of rotatable bonds is 4. The zero-order chi connectivity index (χ0) is 24.7. The lowest BCUT2D eigenvalue weighted by Crippen LogP contribution is -2.49. The lowest BCUT2D eigenvalue weighted by Gasteiger charge is -2.35. The molecule has 3 aromatic heterocycles. The molecule has 4 aromatic rings. The van der Waals surface area contributed by atoms with Crippen molar-refractivity contribution in [1.82, 2.24) is 24.6 Å². The SMILES string of the molecule is NN(C(=O)c1ccc2ncnn2c1)[C@@H]1CCC[C@H](Nc2cc(C(F)(F)F)nc3ccc(F)cc23)C1. The van der Waals surface area contributed by atoms with Crippen LogP contribution in [0.3, 0.4) is 0 Å². The lowest BCUT2D eigenvalue weighted by atomic mass is 9.90. The van der Waals surface area contributed by atoms with Gasteiger partial charge in [-0.15, -0.1) is 0 Å². The molecule has 2 atom stereocenters. The molecule has 3 heterocycles. The van der Waals surface area contributed by atoms with E-state index in [1.807, 2.05) is 0 Å². The summed E-state index contributed by atoms with van der Waals surface area (Å²) in [7, 11) is 0. The van der Waals surface area contributed by atoms with Crippen molar-refractivity contribution in [3.8, 4) is 0 Å². The first kappa shape index (κ1) is 23.0. The minimum Gasteiger partial charge on any atom is -0.382 e. The Morgan fingerprint density at radius 3 is 2.80 bits per heavy atom. The number of hydrogen-bond acceptors (Lipinski definition) is 6. The van der Waals surface area contributed by atoms with Crippen LogP contribution in [0.15, 0.2) is 48.9 Å². The van der Waals surface area contributed by atoms with E-state index in [0.717, 1.165) is 23.2 Å². The number of carbonyl (C=O) groups excluding carboxylic acids is 1. The summed E-state index contributed by atoms with van der Waals surface area (Å²) < 4.78 is 55.6. The first-order chi connectivity index (χ1) is 16.7. The fraction of sp³-hybridized carbons (Fsp3) is 0.304. The number of anilines is 1. The van der Waals surface area contributed by atoms with Crippen LogP contribution in [0, 0.1) is 5.82 Å². The average Bonchev–Trinajstić information content (AvgIpc) is 3.31. The molecule has 0 unspecified atom stereocenters. The molecule has 0 bridgehead atoms. The first-order valence-electron chi connectivity index (χ1n) is 11.0. The quantitative estimate of drug-likeness (QED) is 0.194. The number of alkyl halides is 3. The van der Waals surface area contributed by atoms with Crippen molar-refractivity contribution in [3.63, 3.8) is 0 Å². The molecule has 0 spiro atoms. The molecular weight excluding hydrogens is 466 g/mol. The van der Waals surface area contributed by atoms with Crippen molar-refractivity contribution in [2.45, 2.75) is 43.9 Å². The molecule has 0 radical (unpaired) electrons. The highest BCUT2D eigenvalue weighted by Gasteiger charge is 2.34. The van der Waals surface area contributed by atoms with Gasteiger partial charge in [-0.05, 0) is 62.1 Å².